The van der Waals surface area contributed by atoms with Gasteiger partial charge in [-0.3, -0.25) is 0 Å². The van der Waals surface area contributed by atoms with Gasteiger partial charge in [-0.1, -0.05) is 24.3 Å². The van der Waals surface area contributed by atoms with Crippen LogP contribution in [-0.4, -0.2) is 10.2 Å². The number of nitrogens with one attached hydrogen (secondary N) is 1. The summed E-state index contributed by atoms with van der Waals surface area (Å²) in [6, 6.07) is 14.3. The van der Waals surface area contributed by atoms with E-state index in [4.69, 9.17) is 5.26 Å². The average Bonchev–Trinajstić information content (AvgIpc) is 2.44. The molecule has 0 aliphatic heterocycles. The minimum Gasteiger partial charge on any atom is -0.504 e. The molecular weight excluding hydrogens is 240 g/mol. The molecule has 0 aliphatic rings. The van der Waals surface area contributed by atoms with E-state index in [2.05, 4.69) is 11.4 Å². The quantitative estimate of drug-likeness (QED) is 0.731. The van der Waals surface area contributed by atoms with Crippen LogP contribution in [0.25, 0.3) is 0 Å². The Morgan fingerprint density at radius 1 is 1.00 bits per heavy atom. The van der Waals surface area contributed by atoms with Crippen LogP contribution in [-0.2, 0) is 13.1 Å². The van der Waals surface area contributed by atoms with E-state index >= 15 is 0 Å². The first-order chi connectivity index (χ1) is 9.20. The Labute approximate surface area is 111 Å². The minimum absolute atomic E-state index is 0.0881. The molecule has 96 valence electrons. The van der Waals surface area contributed by atoms with Crippen molar-refractivity contribution < 1.29 is 10.2 Å². The van der Waals surface area contributed by atoms with Crippen LogP contribution < -0.4 is 5.32 Å². The number of nitrogens with zero attached hydrogens (tertiary/aromatic N) is 1. The van der Waals surface area contributed by atoms with Crippen LogP contribution in [0, 0.1) is 11.3 Å². The van der Waals surface area contributed by atoms with Crippen molar-refractivity contribution in [3.8, 4) is 17.6 Å². The summed E-state index contributed by atoms with van der Waals surface area (Å²) in [5, 5.41) is 30.9. The Kier molecular flexibility index (Phi) is 4.01. The van der Waals surface area contributed by atoms with Crippen molar-refractivity contribution in [1.82, 2.24) is 5.32 Å². The highest BCUT2D eigenvalue weighted by Gasteiger charge is 2.04. The van der Waals surface area contributed by atoms with Gasteiger partial charge in [0, 0.05) is 18.7 Å². The van der Waals surface area contributed by atoms with E-state index < -0.39 is 0 Å². The van der Waals surface area contributed by atoms with Crippen molar-refractivity contribution in [3.05, 3.63) is 59.2 Å². The smallest absolute Gasteiger partial charge is 0.161 e. The van der Waals surface area contributed by atoms with E-state index in [1.165, 1.54) is 6.07 Å². The van der Waals surface area contributed by atoms with E-state index in [0.717, 1.165) is 5.56 Å². The van der Waals surface area contributed by atoms with Gasteiger partial charge in [0.2, 0.25) is 0 Å². The van der Waals surface area contributed by atoms with Gasteiger partial charge in [0.05, 0.1) is 11.6 Å². The molecular formula is C15H14N2O2. The molecule has 3 N–H and O–H groups in total. The van der Waals surface area contributed by atoms with Crippen molar-refractivity contribution >= 4 is 0 Å². The number of phenolic OH excluding ortho intramolecular Hbond substituents is 2. The summed E-state index contributed by atoms with van der Waals surface area (Å²) in [4.78, 5) is 0. The Balaban J connectivity index is 1.93. The fourth-order valence-corrected chi connectivity index (χ4v) is 1.76. The molecule has 4 heteroatoms. The van der Waals surface area contributed by atoms with Gasteiger partial charge < -0.3 is 15.5 Å². The molecule has 0 saturated heterocycles. The summed E-state index contributed by atoms with van der Waals surface area (Å²) in [5.74, 6) is -0.201. The molecule has 0 aromatic heterocycles. The van der Waals surface area contributed by atoms with Crippen LogP contribution in [0.2, 0.25) is 0 Å². The van der Waals surface area contributed by atoms with Crippen molar-refractivity contribution in [3.63, 3.8) is 0 Å². The van der Waals surface area contributed by atoms with Gasteiger partial charge >= 0.3 is 0 Å². The number of para-hydroxylation sites is 1. The van der Waals surface area contributed by atoms with Crippen molar-refractivity contribution in [2.45, 2.75) is 13.1 Å². The van der Waals surface area contributed by atoms with Crippen LogP contribution in [0.5, 0.6) is 11.5 Å². The number of hydrogen-bond donors (Lipinski definition) is 3. The molecule has 0 spiro atoms. The fourth-order valence-electron chi connectivity index (χ4n) is 1.76. The molecule has 19 heavy (non-hydrogen) atoms. The zero-order valence-electron chi connectivity index (χ0n) is 10.3. The van der Waals surface area contributed by atoms with Gasteiger partial charge in [-0.2, -0.15) is 5.26 Å². The van der Waals surface area contributed by atoms with Crippen LogP contribution in [0.4, 0.5) is 0 Å². The Hall–Kier alpha value is -2.51. The molecule has 2 aromatic rings. The van der Waals surface area contributed by atoms with Gasteiger partial charge in [0.25, 0.3) is 0 Å². The van der Waals surface area contributed by atoms with Crippen LogP contribution in [0.3, 0.4) is 0 Å². The van der Waals surface area contributed by atoms with Gasteiger partial charge in [-0.05, 0) is 23.8 Å². The average molecular weight is 254 g/mol. The summed E-state index contributed by atoms with van der Waals surface area (Å²) < 4.78 is 0. The molecule has 0 radical (unpaired) electrons. The molecule has 0 aliphatic carbocycles. The summed E-state index contributed by atoms with van der Waals surface area (Å²) >= 11 is 0. The topological polar surface area (TPSA) is 76.3 Å². The number of phenols is 2. The maximum Gasteiger partial charge on any atom is 0.161 e. The molecule has 0 unspecified atom stereocenters. The number of nitriles is 1. The van der Waals surface area contributed by atoms with E-state index in [9.17, 15) is 10.2 Å². The SMILES string of the molecule is N#Cc1ccc(CNCc2cccc(O)c2O)cc1. The van der Waals surface area contributed by atoms with E-state index in [1.54, 1.807) is 24.3 Å². The molecule has 0 fully saturated rings. The highest BCUT2D eigenvalue weighted by atomic mass is 16.3. The molecule has 0 atom stereocenters. The lowest BCUT2D eigenvalue weighted by Gasteiger charge is -2.08. The minimum atomic E-state index is -0.113. The van der Waals surface area contributed by atoms with Crippen LogP contribution >= 0.6 is 0 Å². The number of hydrogen-bond acceptors (Lipinski definition) is 4. The Morgan fingerprint density at radius 3 is 2.42 bits per heavy atom. The lowest BCUT2D eigenvalue weighted by Crippen LogP contribution is -2.12. The third kappa shape index (κ3) is 3.24. The van der Waals surface area contributed by atoms with Gasteiger partial charge in [0.1, 0.15) is 0 Å². The summed E-state index contributed by atoms with van der Waals surface area (Å²) in [6.07, 6.45) is 0. The van der Waals surface area contributed by atoms with Gasteiger partial charge in [0.15, 0.2) is 11.5 Å². The third-order valence-electron chi connectivity index (χ3n) is 2.83. The monoisotopic (exact) mass is 254 g/mol. The highest BCUT2D eigenvalue weighted by molar-refractivity contribution is 5.44. The molecule has 0 heterocycles. The second-order valence-corrected chi connectivity index (χ2v) is 4.20. The van der Waals surface area contributed by atoms with Crippen LogP contribution in [0.1, 0.15) is 16.7 Å². The fraction of sp³-hybridized carbons (Fsp3) is 0.133. The van der Waals surface area contributed by atoms with Gasteiger partial charge in [-0.15, -0.1) is 0 Å². The molecule has 0 saturated carbocycles. The van der Waals surface area contributed by atoms with E-state index in [1.807, 2.05) is 12.1 Å². The van der Waals surface area contributed by atoms with E-state index in [-0.39, 0.29) is 11.5 Å². The normalized spacial score (nSPS) is 10.1. The Bertz CT molecular complexity index is 601. The summed E-state index contributed by atoms with van der Waals surface area (Å²) in [7, 11) is 0. The predicted octanol–water partition coefficient (Wildman–Crippen LogP) is 2.26. The molecule has 0 bridgehead atoms. The maximum absolute atomic E-state index is 9.64. The zero-order chi connectivity index (χ0) is 13.7. The number of benzene rings is 2. The molecule has 2 aromatic carbocycles. The van der Waals surface area contributed by atoms with Crippen LogP contribution in [0.15, 0.2) is 42.5 Å². The first kappa shape index (κ1) is 12.9. The number of rotatable bonds is 4. The van der Waals surface area contributed by atoms with Gasteiger partial charge in [-0.25, -0.2) is 0 Å². The number of aromatic hydroxyl groups is 2. The Morgan fingerprint density at radius 2 is 1.74 bits per heavy atom. The first-order valence-electron chi connectivity index (χ1n) is 5.90. The van der Waals surface area contributed by atoms with Crippen molar-refractivity contribution in [2.24, 2.45) is 0 Å². The lowest BCUT2D eigenvalue weighted by atomic mass is 10.1. The molecule has 4 nitrogen and oxygen atoms in total. The van der Waals surface area contributed by atoms with Crippen molar-refractivity contribution in [2.75, 3.05) is 0 Å². The maximum atomic E-state index is 9.64. The standard InChI is InChI=1S/C15H14N2O2/c16-8-11-4-6-12(7-5-11)9-17-10-13-2-1-3-14(18)15(13)19/h1-7,17-19H,9-10H2. The highest BCUT2D eigenvalue weighted by Crippen LogP contribution is 2.27. The molecule has 0 amide bonds. The third-order valence-corrected chi connectivity index (χ3v) is 2.83. The predicted molar refractivity (Wildman–Crippen MR) is 71.5 cm³/mol. The second-order valence-electron chi connectivity index (χ2n) is 4.20. The largest absolute Gasteiger partial charge is 0.504 e. The zero-order valence-corrected chi connectivity index (χ0v) is 10.3. The lowest BCUT2D eigenvalue weighted by molar-refractivity contribution is 0.397. The first-order valence-corrected chi connectivity index (χ1v) is 5.90. The summed E-state index contributed by atoms with van der Waals surface area (Å²) in [6.45, 7) is 1.08. The second kappa shape index (κ2) is 5.89. The summed E-state index contributed by atoms with van der Waals surface area (Å²) in [5.41, 5.74) is 2.33. The molecule has 2 rings (SSSR count). The van der Waals surface area contributed by atoms with Crippen molar-refractivity contribution in [1.29, 1.82) is 5.26 Å². The van der Waals surface area contributed by atoms with E-state index in [0.29, 0.717) is 24.2 Å².